The molecular formula is C16H18N6OS2. The summed E-state index contributed by atoms with van der Waals surface area (Å²) in [6.45, 7) is 3.69. The Labute approximate surface area is 153 Å². The molecule has 25 heavy (non-hydrogen) atoms. The number of fused-ring (bicyclic) bond motifs is 1. The van der Waals surface area contributed by atoms with Crippen LogP contribution in [0.5, 0.6) is 0 Å². The summed E-state index contributed by atoms with van der Waals surface area (Å²) in [6.07, 6.45) is 3.42. The molecule has 130 valence electrons. The highest BCUT2D eigenvalue weighted by atomic mass is 32.2. The van der Waals surface area contributed by atoms with Crippen LogP contribution in [0.3, 0.4) is 0 Å². The molecule has 7 nitrogen and oxygen atoms in total. The lowest BCUT2D eigenvalue weighted by Crippen LogP contribution is -2.40. The third-order valence-electron chi connectivity index (χ3n) is 4.21. The van der Waals surface area contributed by atoms with Gasteiger partial charge in [0, 0.05) is 18.5 Å². The number of carbonyl (C=O) groups is 1. The van der Waals surface area contributed by atoms with Crippen LogP contribution in [0.25, 0.3) is 17.2 Å². The van der Waals surface area contributed by atoms with E-state index in [1.807, 2.05) is 29.3 Å². The largest absolute Gasteiger partial charge is 0.342 e. The first kappa shape index (κ1) is 16.5. The summed E-state index contributed by atoms with van der Waals surface area (Å²) >= 11 is 2.98. The minimum Gasteiger partial charge on any atom is -0.342 e. The lowest BCUT2D eigenvalue weighted by Gasteiger charge is -2.28. The molecule has 0 N–H and O–H groups in total. The van der Waals surface area contributed by atoms with Crippen molar-refractivity contribution < 1.29 is 4.79 Å². The monoisotopic (exact) mass is 374 g/mol. The molecule has 1 fully saturated rings. The molecule has 9 heteroatoms. The lowest BCUT2D eigenvalue weighted by molar-refractivity contribution is -0.131. The number of nitrogens with zero attached hydrogens (tertiary/aromatic N) is 6. The summed E-state index contributed by atoms with van der Waals surface area (Å²) in [5.41, 5.74) is 3.18. The molecule has 1 saturated heterocycles. The van der Waals surface area contributed by atoms with Crippen LogP contribution in [0.2, 0.25) is 0 Å². The number of amides is 1. The lowest BCUT2D eigenvalue weighted by atomic mass is 10.1. The van der Waals surface area contributed by atoms with Gasteiger partial charge in [0.15, 0.2) is 5.65 Å². The van der Waals surface area contributed by atoms with Crippen molar-refractivity contribution in [1.82, 2.24) is 29.7 Å². The zero-order valence-electron chi connectivity index (χ0n) is 13.8. The Morgan fingerprint density at radius 3 is 2.84 bits per heavy atom. The Morgan fingerprint density at radius 2 is 2.08 bits per heavy atom. The van der Waals surface area contributed by atoms with Crippen molar-refractivity contribution in [2.45, 2.75) is 36.5 Å². The Kier molecular flexibility index (Phi) is 4.67. The average molecular weight is 374 g/mol. The van der Waals surface area contributed by atoms with Gasteiger partial charge in [-0.2, -0.15) is 9.61 Å². The minimum absolute atomic E-state index is 0.165. The predicted octanol–water partition coefficient (Wildman–Crippen LogP) is 2.74. The van der Waals surface area contributed by atoms with E-state index in [1.165, 1.54) is 29.5 Å². The van der Waals surface area contributed by atoms with E-state index in [0.717, 1.165) is 36.7 Å². The van der Waals surface area contributed by atoms with Crippen LogP contribution >= 0.6 is 23.1 Å². The van der Waals surface area contributed by atoms with Gasteiger partial charge < -0.3 is 4.90 Å². The Bertz CT molecular complexity index is 872. The van der Waals surface area contributed by atoms with Gasteiger partial charge in [-0.05, 0) is 38.3 Å². The van der Waals surface area contributed by atoms with E-state index in [4.69, 9.17) is 0 Å². The molecule has 0 aromatic carbocycles. The first-order chi connectivity index (χ1) is 12.2. The summed E-state index contributed by atoms with van der Waals surface area (Å²) in [5.74, 6) is 0.809. The normalized spacial score (nSPS) is 16.3. The third kappa shape index (κ3) is 3.38. The van der Waals surface area contributed by atoms with Crippen LogP contribution in [-0.2, 0) is 4.79 Å². The smallest absolute Gasteiger partial charge is 0.235 e. The van der Waals surface area contributed by atoms with E-state index in [0.29, 0.717) is 11.5 Å². The van der Waals surface area contributed by atoms with Crippen molar-refractivity contribution in [1.29, 1.82) is 0 Å². The number of likely N-dealkylation sites (tertiary alicyclic amines) is 1. The SMILES string of the molecule is C[C@@H](Sc1ccc2nnc(-c3cscn3)n2n1)C(=O)N1CCCCC1. The van der Waals surface area contributed by atoms with Gasteiger partial charge in [0.1, 0.15) is 10.7 Å². The zero-order valence-corrected chi connectivity index (χ0v) is 15.5. The van der Waals surface area contributed by atoms with Crippen LogP contribution in [0.1, 0.15) is 26.2 Å². The Morgan fingerprint density at radius 1 is 1.24 bits per heavy atom. The van der Waals surface area contributed by atoms with Crippen LogP contribution < -0.4 is 0 Å². The van der Waals surface area contributed by atoms with Gasteiger partial charge in [0.2, 0.25) is 11.7 Å². The molecule has 0 radical (unpaired) electrons. The molecule has 1 atom stereocenters. The molecule has 1 aliphatic rings. The number of hydrogen-bond acceptors (Lipinski definition) is 7. The topological polar surface area (TPSA) is 76.3 Å². The number of thioether (sulfide) groups is 1. The van der Waals surface area contributed by atoms with Crippen LogP contribution in [0.4, 0.5) is 0 Å². The first-order valence-electron chi connectivity index (χ1n) is 8.29. The number of rotatable bonds is 4. The van der Waals surface area contributed by atoms with Gasteiger partial charge in [-0.3, -0.25) is 4.79 Å². The predicted molar refractivity (Wildman–Crippen MR) is 97.6 cm³/mol. The van der Waals surface area contributed by atoms with E-state index in [-0.39, 0.29) is 11.2 Å². The molecule has 0 saturated carbocycles. The maximum absolute atomic E-state index is 12.6. The molecule has 1 aliphatic heterocycles. The fourth-order valence-electron chi connectivity index (χ4n) is 2.92. The molecule has 0 unspecified atom stereocenters. The molecule has 0 aliphatic carbocycles. The van der Waals surface area contributed by atoms with E-state index < -0.39 is 0 Å². The number of carbonyl (C=O) groups excluding carboxylic acids is 1. The highest BCUT2D eigenvalue weighted by Gasteiger charge is 2.23. The fourth-order valence-corrected chi connectivity index (χ4v) is 4.34. The highest BCUT2D eigenvalue weighted by Crippen LogP contribution is 2.25. The minimum atomic E-state index is -0.165. The molecule has 1 amide bonds. The summed E-state index contributed by atoms with van der Waals surface area (Å²) in [4.78, 5) is 18.9. The number of aromatic nitrogens is 5. The van der Waals surface area contributed by atoms with Crippen molar-refractivity contribution in [3.8, 4) is 11.5 Å². The van der Waals surface area contributed by atoms with Crippen molar-refractivity contribution in [2.24, 2.45) is 0 Å². The Hall–Kier alpha value is -2.00. The molecule has 3 aromatic rings. The molecular weight excluding hydrogens is 356 g/mol. The van der Waals surface area contributed by atoms with Gasteiger partial charge in [-0.25, -0.2) is 4.98 Å². The molecule has 3 aromatic heterocycles. The van der Waals surface area contributed by atoms with Crippen LogP contribution in [0.15, 0.2) is 28.0 Å². The van der Waals surface area contributed by atoms with Gasteiger partial charge in [0.05, 0.1) is 10.8 Å². The average Bonchev–Trinajstić information content (AvgIpc) is 3.30. The van der Waals surface area contributed by atoms with Gasteiger partial charge in [-0.15, -0.1) is 21.5 Å². The van der Waals surface area contributed by atoms with Gasteiger partial charge in [-0.1, -0.05) is 11.8 Å². The number of thiazole rings is 1. The van der Waals surface area contributed by atoms with Crippen LogP contribution in [-0.4, -0.2) is 53.9 Å². The number of hydrogen-bond donors (Lipinski definition) is 0. The van der Waals surface area contributed by atoms with E-state index in [9.17, 15) is 4.79 Å². The maximum atomic E-state index is 12.6. The second-order valence-electron chi connectivity index (χ2n) is 5.98. The maximum Gasteiger partial charge on any atom is 0.235 e. The second-order valence-corrected chi connectivity index (χ2v) is 8.06. The van der Waals surface area contributed by atoms with E-state index in [1.54, 1.807) is 10.0 Å². The summed E-state index contributed by atoms with van der Waals surface area (Å²) in [7, 11) is 0. The summed E-state index contributed by atoms with van der Waals surface area (Å²) < 4.78 is 1.69. The standard InChI is InChI=1S/C16H18N6OS2/c1-11(16(23)21-7-3-2-4-8-21)25-14-6-5-13-18-19-15(22(13)20-14)12-9-24-10-17-12/h5-6,9-11H,2-4,7-8H2,1H3/t11-/m1/s1. The molecule has 4 rings (SSSR count). The summed E-state index contributed by atoms with van der Waals surface area (Å²) in [5, 5.41) is 15.4. The summed E-state index contributed by atoms with van der Waals surface area (Å²) in [6, 6.07) is 3.76. The van der Waals surface area contributed by atoms with Crippen LogP contribution in [0, 0.1) is 0 Å². The molecule has 0 bridgehead atoms. The zero-order chi connectivity index (χ0) is 17.2. The second kappa shape index (κ2) is 7.09. The Balaban J connectivity index is 1.55. The first-order valence-corrected chi connectivity index (χ1v) is 10.1. The van der Waals surface area contributed by atoms with Gasteiger partial charge >= 0.3 is 0 Å². The van der Waals surface area contributed by atoms with E-state index in [2.05, 4.69) is 20.3 Å². The molecule has 4 heterocycles. The number of piperidine rings is 1. The van der Waals surface area contributed by atoms with Crippen molar-refractivity contribution in [2.75, 3.05) is 13.1 Å². The third-order valence-corrected chi connectivity index (χ3v) is 5.81. The molecule has 0 spiro atoms. The highest BCUT2D eigenvalue weighted by molar-refractivity contribution is 8.00. The van der Waals surface area contributed by atoms with Crippen molar-refractivity contribution >= 4 is 34.7 Å². The fraction of sp³-hybridized carbons (Fsp3) is 0.438. The van der Waals surface area contributed by atoms with Crippen molar-refractivity contribution in [3.05, 3.63) is 23.0 Å². The van der Waals surface area contributed by atoms with Crippen molar-refractivity contribution in [3.63, 3.8) is 0 Å². The van der Waals surface area contributed by atoms with Gasteiger partial charge in [0.25, 0.3) is 0 Å². The van der Waals surface area contributed by atoms with E-state index >= 15 is 0 Å². The quantitative estimate of drug-likeness (QED) is 0.654.